The molecule has 0 radical (unpaired) electrons. The molecule has 0 saturated heterocycles. The molecule has 2 aromatic rings. The Morgan fingerprint density at radius 1 is 1.00 bits per heavy atom. The smallest absolute Gasteiger partial charge is 0.234 e. The molecule has 0 aliphatic rings. The zero-order valence-corrected chi connectivity index (χ0v) is 14.8. The average Bonchev–Trinajstić information content (AvgIpc) is 2.59. The summed E-state index contributed by atoms with van der Waals surface area (Å²) in [7, 11) is 1.50. The van der Waals surface area contributed by atoms with Crippen LogP contribution >= 0.6 is 11.8 Å². The summed E-state index contributed by atoms with van der Waals surface area (Å²) < 4.78 is 39.3. The quantitative estimate of drug-likeness (QED) is 0.798. The average molecular weight is 382 g/mol. The van der Waals surface area contributed by atoms with Gasteiger partial charge in [0.25, 0.3) is 0 Å². The second-order valence-electron chi connectivity index (χ2n) is 5.53. The number of benzene rings is 2. The number of halogens is 3. The van der Waals surface area contributed by atoms with Crippen LogP contribution in [0, 0.1) is 17.5 Å². The first-order valence-corrected chi connectivity index (χ1v) is 8.81. The Kier molecular flexibility index (Phi) is 7.08. The Bertz CT molecular complexity index is 785. The molecule has 8 heteroatoms. The molecule has 0 saturated carbocycles. The molecular weight excluding hydrogens is 365 g/mol. The number of amides is 2. The third-order valence-electron chi connectivity index (χ3n) is 3.44. The summed E-state index contributed by atoms with van der Waals surface area (Å²) in [6, 6.07) is 8.53. The number of nitrogens with one attached hydrogen (secondary N) is 1. The van der Waals surface area contributed by atoms with E-state index in [-0.39, 0.29) is 35.4 Å². The van der Waals surface area contributed by atoms with Crippen molar-refractivity contribution in [3.05, 3.63) is 65.5 Å². The van der Waals surface area contributed by atoms with E-state index in [4.69, 9.17) is 0 Å². The summed E-state index contributed by atoms with van der Waals surface area (Å²) in [5.41, 5.74) is 0.675. The maximum atomic E-state index is 13.6. The monoisotopic (exact) mass is 382 g/mol. The van der Waals surface area contributed by atoms with Crippen LogP contribution in [0.5, 0.6) is 0 Å². The molecule has 0 bridgehead atoms. The van der Waals surface area contributed by atoms with Crippen LogP contribution in [-0.2, 0) is 16.1 Å². The van der Waals surface area contributed by atoms with Crippen molar-refractivity contribution < 1.29 is 22.8 Å². The summed E-state index contributed by atoms with van der Waals surface area (Å²) in [6.07, 6.45) is 0. The van der Waals surface area contributed by atoms with Crippen molar-refractivity contribution in [1.82, 2.24) is 4.90 Å². The minimum Gasteiger partial charge on any atom is -0.341 e. The van der Waals surface area contributed by atoms with E-state index in [2.05, 4.69) is 5.32 Å². The molecule has 0 unspecified atom stereocenters. The van der Waals surface area contributed by atoms with Gasteiger partial charge in [0.2, 0.25) is 11.8 Å². The SMILES string of the molecule is CN(Cc1ccc(F)cc1F)C(=O)CSCC(=O)Nc1ccc(F)cc1. The number of thioether (sulfide) groups is 1. The van der Waals surface area contributed by atoms with Crippen LogP contribution in [0.1, 0.15) is 5.56 Å². The standard InChI is InChI=1S/C18H17F3N2O2S/c1-23(9-12-2-3-14(20)8-16(12)21)18(25)11-26-10-17(24)22-15-6-4-13(19)5-7-15/h2-8H,9-11H2,1H3,(H,22,24). The highest BCUT2D eigenvalue weighted by atomic mass is 32.2. The second-order valence-corrected chi connectivity index (χ2v) is 6.52. The predicted octanol–water partition coefficient (Wildman–Crippen LogP) is 3.43. The Hall–Kier alpha value is -2.48. The molecular formula is C18H17F3N2O2S. The van der Waals surface area contributed by atoms with Crippen molar-refractivity contribution in [2.75, 3.05) is 23.9 Å². The summed E-state index contributed by atoms with van der Waals surface area (Å²) in [6.45, 7) is 0.00722. The number of hydrogen-bond donors (Lipinski definition) is 1. The van der Waals surface area contributed by atoms with Gasteiger partial charge in [0, 0.05) is 30.9 Å². The summed E-state index contributed by atoms with van der Waals surface area (Å²) in [4.78, 5) is 25.1. The lowest BCUT2D eigenvalue weighted by molar-refractivity contribution is -0.127. The van der Waals surface area contributed by atoms with Gasteiger partial charge in [0.15, 0.2) is 0 Å². The highest BCUT2D eigenvalue weighted by molar-refractivity contribution is 8.00. The maximum absolute atomic E-state index is 13.6. The molecule has 0 aliphatic heterocycles. The molecule has 0 fully saturated rings. The molecule has 2 amide bonds. The fraction of sp³-hybridized carbons (Fsp3) is 0.222. The van der Waals surface area contributed by atoms with Crippen LogP contribution in [0.3, 0.4) is 0 Å². The molecule has 0 spiro atoms. The van der Waals surface area contributed by atoms with Crippen LogP contribution in [0.4, 0.5) is 18.9 Å². The van der Waals surface area contributed by atoms with Crippen molar-refractivity contribution in [3.8, 4) is 0 Å². The first-order valence-electron chi connectivity index (χ1n) is 7.66. The largest absolute Gasteiger partial charge is 0.341 e. The van der Waals surface area contributed by atoms with E-state index < -0.39 is 17.5 Å². The van der Waals surface area contributed by atoms with Crippen LogP contribution in [0.2, 0.25) is 0 Å². The van der Waals surface area contributed by atoms with Gasteiger partial charge in [0.05, 0.1) is 11.5 Å². The summed E-state index contributed by atoms with van der Waals surface area (Å²) in [5.74, 6) is -2.31. The van der Waals surface area contributed by atoms with Crippen molar-refractivity contribution in [2.45, 2.75) is 6.54 Å². The lowest BCUT2D eigenvalue weighted by atomic mass is 10.2. The van der Waals surface area contributed by atoms with Crippen LogP contribution < -0.4 is 5.32 Å². The van der Waals surface area contributed by atoms with Crippen LogP contribution in [-0.4, -0.2) is 35.3 Å². The Balaban J connectivity index is 1.75. The van der Waals surface area contributed by atoms with Gasteiger partial charge in [-0.25, -0.2) is 13.2 Å². The van der Waals surface area contributed by atoms with Gasteiger partial charge in [-0.3, -0.25) is 9.59 Å². The topological polar surface area (TPSA) is 49.4 Å². The Labute approximate surface area is 153 Å². The minimum absolute atomic E-state index is 0.00722. The van der Waals surface area contributed by atoms with Gasteiger partial charge in [-0.15, -0.1) is 11.8 Å². The second kappa shape index (κ2) is 9.28. The number of carbonyl (C=O) groups is 2. The third-order valence-corrected chi connectivity index (χ3v) is 4.35. The van der Waals surface area contributed by atoms with Gasteiger partial charge in [-0.05, 0) is 30.3 Å². The molecule has 2 rings (SSSR count). The molecule has 0 aromatic heterocycles. The van der Waals surface area contributed by atoms with Gasteiger partial charge < -0.3 is 10.2 Å². The van der Waals surface area contributed by atoms with Crippen molar-refractivity contribution >= 4 is 29.3 Å². The summed E-state index contributed by atoms with van der Waals surface area (Å²) in [5, 5.41) is 2.59. The molecule has 1 N–H and O–H groups in total. The van der Waals surface area contributed by atoms with Crippen LogP contribution in [0.25, 0.3) is 0 Å². The van der Waals surface area contributed by atoms with Crippen molar-refractivity contribution in [2.24, 2.45) is 0 Å². The molecule has 2 aromatic carbocycles. The van der Waals surface area contributed by atoms with E-state index in [0.717, 1.165) is 23.9 Å². The third kappa shape index (κ3) is 6.11. The van der Waals surface area contributed by atoms with Gasteiger partial charge in [0.1, 0.15) is 17.5 Å². The van der Waals surface area contributed by atoms with E-state index in [1.54, 1.807) is 0 Å². The highest BCUT2D eigenvalue weighted by Crippen LogP contribution is 2.13. The van der Waals surface area contributed by atoms with E-state index in [0.29, 0.717) is 5.69 Å². The molecule has 0 heterocycles. The fourth-order valence-electron chi connectivity index (χ4n) is 2.07. The summed E-state index contributed by atoms with van der Waals surface area (Å²) >= 11 is 1.11. The molecule has 0 atom stereocenters. The normalized spacial score (nSPS) is 10.5. The molecule has 4 nitrogen and oxygen atoms in total. The van der Waals surface area contributed by atoms with E-state index in [1.807, 2.05) is 0 Å². The zero-order chi connectivity index (χ0) is 19.1. The van der Waals surface area contributed by atoms with Gasteiger partial charge >= 0.3 is 0 Å². The number of rotatable bonds is 7. The molecule has 0 aliphatic carbocycles. The lowest BCUT2D eigenvalue weighted by Gasteiger charge is -2.17. The maximum Gasteiger partial charge on any atom is 0.234 e. The molecule has 138 valence electrons. The fourth-order valence-corrected chi connectivity index (χ4v) is 2.82. The zero-order valence-electron chi connectivity index (χ0n) is 14.0. The Morgan fingerprint density at radius 2 is 1.65 bits per heavy atom. The number of carbonyl (C=O) groups excluding carboxylic acids is 2. The lowest BCUT2D eigenvalue weighted by Crippen LogP contribution is -2.28. The number of hydrogen-bond acceptors (Lipinski definition) is 3. The van der Waals surface area contributed by atoms with Crippen molar-refractivity contribution in [1.29, 1.82) is 0 Å². The highest BCUT2D eigenvalue weighted by Gasteiger charge is 2.13. The van der Waals surface area contributed by atoms with Crippen LogP contribution in [0.15, 0.2) is 42.5 Å². The van der Waals surface area contributed by atoms with Gasteiger partial charge in [-0.1, -0.05) is 6.07 Å². The first-order chi connectivity index (χ1) is 12.3. The predicted molar refractivity (Wildman–Crippen MR) is 95.2 cm³/mol. The van der Waals surface area contributed by atoms with Gasteiger partial charge in [-0.2, -0.15) is 0 Å². The van der Waals surface area contributed by atoms with E-state index in [9.17, 15) is 22.8 Å². The Morgan fingerprint density at radius 3 is 2.31 bits per heavy atom. The van der Waals surface area contributed by atoms with E-state index >= 15 is 0 Å². The first kappa shape index (κ1) is 19.8. The van der Waals surface area contributed by atoms with Crippen molar-refractivity contribution in [3.63, 3.8) is 0 Å². The van der Waals surface area contributed by atoms with E-state index in [1.165, 1.54) is 42.3 Å². The number of anilines is 1. The number of nitrogens with zero attached hydrogens (tertiary/aromatic N) is 1. The minimum atomic E-state index is -0.712. The molecule has 26 heavy (non-hydrogen) atoms.